The molecule has 0 aliphatic heterocycles. The number of nitrogens with one attached hydrogen (secondary N) is 6. The smallest absolute Gasteiger partial charge is 0.244 e. The van der Waals surface area contributed by atoms with E-state index in [2.05, 4.69) is 31.9 Å². The van der Waals surface area contributed by atoms with E-state index in [1.54, 1.807) is 0 Å². The van der Waals surface area contributed by atoms with E-state index in [0.717, 1.165) is 38.5 Å². The van der Waals surface area contributed by atoms with Crippen molar-refractivity contribution in [1.29, 1.82) is 0 Å². The van der Waals surface area contributed by atoms with Crippen LogP contribution in [0, 0.1) is 0 Å². The highest BCUT2D eigenvalue weighted by Crippen LogP contribution is 2.03. The molecule has 0 unspecified atom stereocenters. The van der Waals surface area contributed by atoms with Crippen LogP contribution in [0.3, 0.4) is 0 Å². The largest absolute Gasteiger partial charge is 0.394 e. The van der Waals surface area contributed by atoms with E-state index in [9.17, 15) is 39.0 Å². The lowest BCUT2D eigenvalue weighted by Gasteiger charge is -2.16. The van der Waals surface area contributed by atoms with Crippen molar-refractivity contribution in [2.75, 3.05) is 78.9 Å². The zero-order valence-electron chi connectivity index (χ0n) is 36.0. The maximum absolute atomic E-state index is 12.4. The fourth-order valence-electron chi connectivity index (χ4n) is 5.69. The number of ether oxygens (including phenoxy) is 2. The average molecular weight is 861 g/mol. The molecule has 0 aliphatic carbocycles. The molecular formula is C40H80N10O10. The van der Waals surface area contributed by atoms with Crippen LogP contribution in [0.5, 0.6) is 0 Å². The molecule has 0 rings (SSSR count). The SMILES string of the molecule is NCCCC[C@H](N)C(=O)NCCCCCC(=O)N[C@@H](CO)C(=O)NCCCOCCCCOCCCNC(=O)[C@H](CO)NC(=O)CCCCCNC(=O)[C@@H](N)CCCCN. The minimum atomic E-state index is -1.04. The van der Waals surface area contributed by atoms with Crippen molar-refractivity contribution >= 4 is 35.4 Å². The lowest BCUT2D eigenvalue weighted by Crippen LogP contribution is -2.49. The van der Waals surface area contributed by atoms with E-state index < -0.39 is 49.2 Å². The number of rotatable bonds is 41. The van der Waals surface area contributed by atoms with Crippen molar-refractivity contribution in [3.05, 3.63) is 0 Å². The van der Waals surface area contributed by atoms with Gasteiger partial charge in [-0.05, 0) is 90.1 Å². The first-order valence-electron chi connectivity index (χ1n) is 22.0. The first-order valence-corrected chi connectivity index (χ1v) is 22.0. The number of carbonyl (C=O) groups excluding carboxylic acids is 6. The van der Waals surface area contributed by atoms with Gasteiger partial charge in [-0.3, -0.25) is 28.8 Å². The number of hydrogen-bond donors (Lipinski definition) is 12. The Bertz CT molecular complexity index is 1070. The third-order valence-electron chi connectivity index (χ3n) is 9.40. The molecule has 0 spiro atoms. The van der Waals surface area contributed by atoms with Gasteiger partial charge >= 0.3 is 0 Å². The lowest BCUT2D eigenvalue weighted by molar-refractivity contribution is -0.130. The summed E-state index contributed by atoms with van der Waals surface area (Å²) in [6, 6.07) is -3.17. The fraction of sp³-hybridized carbons (Fsp3) is 0.850. The number of carbonyl (C=O) groups is 6. The highest BCUT2D eigenvalue weighted by Gasteiger charge is 2.20. The molecule has 20 nitrogen and oxygen atoms in total. The molecule has 4 atom stereocenters. The number of hydrogen-bond acceptors (Lipinski definition) is 14. The van der Waals surface area contributed by atoms with E-state index in [0.29, 0.717) is 130 Å². The number of aliphatic hydroxyl groups is 2. The molecule has 0 heterocycles. The van der Waals surface area contributed by atoms with Crippen LogP contribution in [0.1, 0.15) is 116 Å². The molecule has 0 saturated heterocycles. The van der Waals surface area contributed by atoms with Crippen LogP contribution in [0.2, 0.25) is 0 Å². The molecule has 0 saturated carbocycles. The zero-order chi connectivity index (χ0) is 44.6. The van der Waals surface area contributed by atoms with E-state index in [1.807, 2.05) is 0 Å². The van der Waals surface area contributed by atoms with Gasteiger partial charge < -0.3 is 74.5 Å². The summed E-state index contributed by atoms with van der Waals surface area (Å²) in [6.45, 7) is 3.61. The number of aliphatic hydroxyl groups excluding tert-OH is 2. The summed E-state index contributed by atoms with van der Waals surface area (Å²) in [5, 5.41) is 35.3. The second kappa shape index (κ2) is 39.6. The zero-order valence-corrected chi connectivity index (χ0v) is 36.0. The van der Waals surface area contributed by atoms with Crippen LogP contribution >= 0.6 is 0 Å². The molecule has 16 N–H and O–H groups in total. The van der Waals surface area contributed by atoms with Gasteiger partial charge in [-0.2, -0.15) is 0 Å². The van der Waals surface area contributed by atoms with Crippen molar-refractivity contribution in [2.24, 2.45) is 22.9 Å². The maximum Gasteiger partial charge on any atom is 0.244 e. The van der Waals surface area contributed by atoms with Gasteiger partial charge in [0.1, 0.15) is 12.1 Å². The molecule has 0 fully saturated rings. The Kier molecular flexibility index (Phi) is 37.3. The average Bonchev–Trinajstić information content (AvgIpc) is 3.23. The van der Waals surface area contributed by atoms with Gasteiger partial charge in [0.05, 0.1) is 25.3 Å². The molecule has 0 radical (unpaired) electrons. The number of amides is 6. The van der Waals surface area contributed by atoms with Crippen molar-refractivity contribution in [3.63, 3.8) is 0 Å². The minimum Gasteiger partial charge on any atom is -0.394 e. The first-order chi connectivity index (χ1) is 29.0. The van der Waals surface area contributed by atoms with Crippen LogP contribution in [0.15, 0.2) is 0 Å². The molecule has 0 aromatic rings. The van der Waals surface area contributed by atoms with Gasteiger partial charge in [0, 0.05) is 65.4 Å². The second-order valence-corrected chi connectivity index (χ2v) is 14.8. The third-order valence-corrected chi connectivity index (χ3v) is 9.40. The van der Waals surface area contributed by atoms with Crippen molar-refractivity contribution in [3.8, 4) is 0 Å². The molecule has 0 aliphatic rings. The van der Waals surface area contributed by atoms with E-state index in [4.69, 9.17) is 32.4 Å². The van der Waals surface area contributed by atoms with Gasteiger partial charge in [0.25, 0.3) is 0 Å². The quantitative estimate of drug-likeness (QED) is 0.0297. The van der Waals surface area contributed by atoms with Crippen LogP contribution in [0.4, 0.5) is 0 Å². The topological polar surface area (TPSA) is 338 Å². The Morgan fingerprint density at radius 1 is 0.433 bits per heavy atom. The summed E-state index contributed by atoms with van der Waals surface area (Å²) in [6.07, 6.45) is 11.5. The highest BCUT2D eigenvalue weighted by atomic mass is 16.5. The summed E-state index contributed by atoms with van der Waals surface area (Å²) in [5.41, 5.74) is 22.6. The van der Waals surface area contributed by atoms with Gasteiger partial charge in [0.15, 0.2) is 0 Å². The molecule has 350 valence electrons. The van der Waals surface area contributed by atoms with Crippen LogP contribution in [0.25, 0.3) is 0 Å². The molecular weight excluding hydrogens is 780 g/mol. The Morgan fingerprint density at radius 3 is 1.15 bits per heavy atom. The predicted octanol–water partition coefficient (Wildman–Crippen LogP) is -1.97. The van der Waals surface area contributed by atoms with E-state index in [1.165, 1.54) is 0 Å². The molecule has 0 aromatic carbocycles. The lowest BCUT2D eigenvalue weighted by atomic mass is 10.1. The molecule has 60 heavy (non-hydrogen) atoms. The summed E-state index contributed by atoms with van der Waals surface area (Å²) in [4.78, 5) is 73.3. The number of unbranched alkanes of at least 4 members (excludes halogenated alkanes) is 7. The van der Waals surface area contributed by atoms with Crippen molar-refractivity contribution < 1.29 is 48.5 Å². The van der Waals surface area contributed by atoms with E-state index >= 15 is 0 Å². The fourth-order valence-corrected chi connectivity index (χ4v) is 5.69. The van der Waals surface area contributed by atoms with Crippen LogP contribution in [-0.4, -0.2) is 149 Å². The normalized spacial score (nSPS) is 13.1. The summed E-state index contributed by atoms with van der Waals surface area (Å²) in [7, 11) is 0. The molecule has 20 heteroatoms. The number of nitrogens with two attached hydrogens (primary N) is 4. The van der Waals surface area contributed by atoms with Crippen molar-refractivity contribution in [1.82, 2.24) is 31.9 Å². The molecule has 0 bridgehead atoms. The summed E-state index contributed by atoms with van der Waals surface area (Å²) >= 11 is 0. The van der Waals surface area contributed by atoms with Crippen LogP contribution in [-0.2, 0) is 38.2 Å². The Morgan fingerprint density at radius 2 is 0.783 bits per heavy atom. The first kappa shape index (κ1) is 56.5. The van der Waals surface area contributed by atoms with Gasteiger partial charge in [-0.25, -0.2) is 0 Å². The van der Waals surface area contributed by atoms with E-state index in [-0.39, 0.29) is 36.5 Å². The molecule has 0 aromatic heterocycles. The van der Waals surface area contributed by atoms with Crippen molar-refractivity contribution in [2.45, 2.75) is 140 Å². The molecule has 6 amide bonds. The standard InChI is InChI=1S/C40H80N10O10/c41-19-7-5-15-31(43)37(55)45-21-9-1-3-17-35(53)49-33(29-51)39(57)47-23-13-27-59-25-11-12-26-60-28-14-24-48-40(58)34(30-52)50-36(54)18-4-2-10-22-46-38(56)32(44)16-6-8-20-42/h31-34,51-52H,1-30,41-44H2,(H,45,55)(H,46,56)(H,47,57)(H,48,58)(H,49,53)(H,50,54)/t31-,32-,33-,34-/m0/s1. The minimum absolute atomic E-state index is 0.191. The Labute approximate surface area is 356 Å². The van der Waals surface area contributed by atoms with Gasteiger partial charge in [0.2, 0.25) is 35.4 Å². The third kappa shape index (κ3) is 32.3. The second-order valence-electron chi connectivity index (χ2n) is 14.8. The van der Waals surface area contributed by atoms with Gasteiger partial charge in [-0.1, -0.05) is 25.7 Å². The maximum atomic E-state index is 12.4. The highest BCUT2D eigenvalue weighted by molar-refractivity contribution is 5.88. The Hall–Kier alpha value is -3.50. The summed E-state index contributed by atoms with van der Waals surface area (Å²) in [5.74, 6) is -1.99. The Balaban J connectivity index is 3.80. The van der Waals surface area contributed by atoms with Crippen LogP contribution < -0.4 is 54.8 Å². The summed E-state index contributed by atoms with van der Waals surface area (Å²) < 4.78 is 11.2. The van der Waals surface area contributed by atoms with Gasteiger partial charge in [-0.15, -0.1) is 0 Å². The predicted molar refractivity (Wildman–Crippen MR) is 229 cm³/mol. The monoisotopic (exact) mass is 861 g/mol.